The zero-order chi connectivity index (χ0) is 10.3. The van der Waals surface area contributed by atoms with Crippen LogP contribution in [0.1, 0.15) is 13.8 Å². The Labute approximate surface area is 78.7 Å². The summed E-state index contributed by atoms with van der Waals surface area (Å²) in [6.45, 7) is 4.00. The molecule has 0 aromatic heterocycles. The Hall–Kier alpha value is -1.25. The van der Waals surface area contributed by atoms with Gasteiger partial charge in [0.05, 0.1) is 7.11 Å². The van der Waals surface area contributed by atoms with Crippen molar-refractivity contribution in [3.05, 3.63) is 24.0 Å². The van der Waals surface area contributed by atoms with Crippen LogP contribution in [0.2, 0.25) is 0 Å². The number of benzene rings is 1. The van der Waals surface area contributed by atoms with Crippen molar-refractivity contribution in [2.75, 3.05) is 19.5 Å². The maximum absolute atomic E-state index is 12.9. The molecule has 0 bridgehead atoms. The van der Waals surface area contributed by atoms with Gasteiger partial charge in [-0.1, -0.05) is 13.8 Å². The molecule has 0 heterocycles. The summed E-state index contributed by atoms with van der Waals surface area (Å²) in [5.41, 5.74) is 0.739. The van der Waals surface area contributed by atoms with Gasteiger partial charge < -0.3 is 10.1 Å². The molecule has 3 heteroatoms. The molecule has 2 nitrogen and oxygen atoms in total. The first-order valence-electron chi connectivity index (χ1n) is 4.29. The Bertz CT molecular complexity index is 251. The molecule has 0 unspecified atom stereocenters. The van der Waals surface area contributed by atoms with Crippen molar-refractivity contribution in [2.24, 2.45) is 0 Å². The molecule has 0 fully saturated rings. The molecular weight excluding hydrogens is 169 g/mol. The molecule has 1 rings (SSSR count). The van der Waals surface area contributed by atoms with Crippen LogP contribution in [-0.4, -0.2) is 14.2 Å². The first kappa shape index (κ1) is 11.8. The molecule has 0 spiro atoms. The molecule has 13 heavy (non-hydrogen) atoms. The van der Waals surface area contributed by atoms with Crippen LogP contribution in [0.4, 0.5) is 10.1 Å². The highest BCUT2D eigenvalue weighted by atomic mass is 19.1. The van der Waals surface area contributed by atoms with Gasteiger partial charge in [-0.3, -0.25) is 0 Å². The number of rotatable bonds is 2. The van der Waals surface area contributed by atoms with Gasteiger partial charge in [-0.25, -0.2) is 4.39 Å². The van der Waals surface area contributed by atoms with Gasteiger partial charge in [-0.2, -0.15) is 0 Å². The van der Waals surface area contributed by atoms with Gasteiger partial charge in [0.15, 0.2) is 11.6 Å². The molecule has 0 aliphatic rings. The maximum Gasteiger partial charge on any atom is 0.167 e. The summed E-state index contributed by atoms with van der Waals surface area (Å²) in [6.07, 6.45) is 0. The van der Waals surface area contributed by atoms with E-state index < -0.39 is 0 Å². The molecule has 1 aromatic rings. The first-order valence-corrected chi connectivity index (χ1v) is 4.29. The van der Waals surface area contributed by atoms with E-state index in [1.54, 1.807) is 19.2 Å². The number of halogens is 1. The van der Waals surface area contributed by atoms with Gasteiger partial charge in [0, 0.05) is 18.8 Å². The minimum Gasteiger partial charge on any atom is -0.494 e. The molecule has 0 saturated heterocycles. The average molecular weight is 185 g/mol. The van der Waals surface area contributed by atoms with E-state index in [-0.39, 0.29) is 11.6 Å². The van der Waals surface area contributed by atoms with Crippen molar-refractivity contribution >= 4 is 5.69 Å². The Morgan fingerprint density at radius 2 is 1.92 bits per heavy atom. The summed E-state index contributed by atoms with van der Waals surface area (Å²) in [6, 6.07) is 4.72. The van der Waals surface area contributed by atoms with E-state index in [1.807, 2.05) is 13.8 Å². The monoisotopic (exact) mass is 185 g/mol. The second kappa shape index (κ2) is 6.29. The van der Waals surface area contributed by atoms with E-state index in [0.29, 0.717) is 0 Å². The van der Waals surface area contributed by atoms with Crippen LogP contribution in [-0.2, 0) is 0 Å². The Morgan fingerprint density at radius 1 is 1.31 bits per heavy atom. The number of anilines is 1. The van der Waals surface area contributed by atoms with E-state index in [2.05, 4.69) is 5.32 Å². The lowest BCUT2D eigenvalue weighted by atomic mass is 10.3. The molecule has 0 amide bonds. The highest BCUT2D eigenvalue weighted by Crippen LogP contribution is 2.19. The third-order valence-corrected chi connectivity index (χ3v) is 1.44. The van der Waals surface area contributed by atoms with E-state index in [9.17, 15) is 4.39 Å². The molecule has 0 aliphatic heterocycles. The predicted molar refractivity (Wildman–Crippen MR) is 53.8 cm³/mol. The predicted octanol–water partition coefficient (Wildman–Crippen LogP) is 2.90. The molecule has 74 valence electrons. The SMILES string of the molecule is CC.CNc1ccc(OC)c(F)c1. The van der Waals surface area contributed by atoms with Crippen LogP contribution in [0.25, 0.3) is 0 Å². The third-order valence-electron chi connectivity index (χ3n) is 1.44. The number of hydrogen-bond acceptors (Lipinski definition) is 2. The Morgan fingerprint density at radius 3 is 2.31 bits per heavy atom. The lowest BCUT2D eigenvalue weighted by Gasteiger charge is -2.03. The Kier molecular flexibility index (Phi) is 5.68. The summed E-state index contributed by atoms with van der Waals surface area (Å²) >= 11 is 0. The zero-order valence-electron chi connectivity index (χ0n) is 8.52. The number of methoxy groups -OCH3 is 1. The van der Waals surface area contributed by atoms with E-state index in [0.717, 1.165) is 5.69 Å². The smallest absolute Gasteiger partial charge is 0.167 e. The van der Waals surface area contributed by atoms with Crippen LogP contribution < -0.4 is 10.1 Å². The zero-order valence-corrected chi connectivity index (χ0v) is 8.52. The molecule has 0 aliphatic carbocycles. The van der Waals surface area contributed by atoms with Crippen LogP contribution >= 0.6 is 0 Å². The lowest BCUT2D eigenvalue weighted by Crippen LogP contribution is -1.91. The fraction of sp³-hybridized carbons (Fsp3) is 0.400. The fourth-order valence-corrected chi connectivity index (χ4v) is 0.822. The standard InChI is InChI=1S/C8H10FNO.C2H6/c1-10-6-3-4-8(11-2)7(9)5-6;1-2/h3-5,10H,1-2H3;1-2H3. The van der Waals surface area contributed by atoms with Crippen molar-refractivity contribution in [1.29, 1.82) is 0 Å². The number of ether oxygens (including phenoxy) is 1. The largest absolute Gasteiger partial charge is 0.494 e. The maximum atomic E-state index is 12.9. The molecule has 0 radical (unpaired) electrons. The number of nitrogens with one attached hydrogen (secondary N) is 1. The van der Waals surface area contributed by atoms with Crippen molar-refractivity contribution in [3.63, 3.8) is 0 Å². The Balaban J connectivity index is 0.000000671. The van der Waals surface area contributed by atoms with Crippen LogP contribution in [0.3, 0.4) is 0 Å². The molecule has 1 N–H and O–H groups in total. The highest BCUT2D eigenvalue weighted by molar-refractivity contribution is 5.46. The van der Waals surface area contributed by atoms with Gasteiger partial charge in [0.1, 0.15) is 0 Å². The molecule has 1 aromatic carbocycles. The van der Waals surface area contributed by atoms with Gasteiger partial charge in [-0.05, 0) is 12.1 Å². The van der Waals surface area contributed by atoms with Gasteiger partial charge in [0.2, 0.25) is 0 Å². The van der Waals surface area contributed by atoms with Gasteiger partial charge >= 0.3 is 0 Å². The average Bonchev–Trinajstić information content (AvgIpc) is 2.20. The summed E-state index contributed by atoms with van der Waals surface area (Å²) in [7, 11) is 3.18. The van der Waals surface area contributed by atoms with Crippen molar-refractivity contribution in [2.45, 2.75) is 13.8 Å². The van der Waals surface area contributed by atoms with Crippen molar-refractivity contribution < 1.29 is 9.13 Å². The highest BCUT2D eigenvalue weighted by Gasteiger charge is 2.00. The summed E-state index contributed by atoms with van der Waals surface area (Å²) in [5, 5.41) is 2.82. The van der Waals surface area contributed by atoms with E-state index >= 15 is 0 Å². The van der Waals surface area contributed by atoms with E-state index in [1.165, 1.54) is 13.2 Å². The molecule has 0 saturated carbocycles. The summed E-state index contributed by atoms with van der Waals surface area (Å²) < 4.78 is 17.6. The second-order valence-corrected chi connectivity index (χ2v) is 2.10. The van der Waals surface area contributed by atoms with Crippen LogP contribution in [0, 0.1) is 5.82 Å². The number of hydrogen-bond donors (Lipinski definition) is 1. The molecule has 0 atom stereocenters. The molecular formula is C10H16FNO. The third kappa shape index (κ3) is 3.32. The van der Waals surface area contributed by atoms with E-state index in [4.69, 9.17) is 4.74 Å². The summed E-state index contributed by atoms with van der Waals surface area (Å²) in [4.78, 5) is 0. The van der Waals surface area contributed by atoms with Crippen molar-refractivity contribution in [1.82, 2.24) is 0 Å². The van der Waals surface area contributed by atoms with Crippen LogP contribution in [0.5, 0.6) is 5.75 Å². The van der Waals surface area contributed by atoms with Crippen molar-refractivity contribution in [3.8, 4) is 5.75 Å². The lowest BCUT2D eigenvalue weighted by molar-refractivity contribution is 0.386. The van der Waals surface area contributed by atoms with Gasteiger partial charge in [0.25, 0.3) is 0 Å². The minimum absolute atomic E-state index is 0.268. The van der Waals surface area contributed by atoms with Gasteiger partial charge in [-0.15, -0.1) is 0 Å². The summed E-state index contributed by atoms with van der Waals surface area (Å²) in [5.74, 6) is -0.0802. The fourth-order valence-electron chi connectivity index (χ4n) is 0.822. The normalized spacial score (nSPS) is 8.38. The topological polar surface area (TPSA) is 21.3 Å². The first-order chi connectivity index (χ1) is 6.27. The van der Waals surface area contributed by atoms with Crippen LogP contribution in [0.15, 0.2) is 18.2 Å². The quantitative estimate of drug-likeness (QED) is 0.765. The second-order valence-electron chi connectivity index (χ2n) is 2.10. The minimum atomic E-state index is -0.348.